The van der Waals surface area contributed by atoms with Gasteiger partial charge in [0.2, 0.25) is 0 Å². The van der Waals surface area contributed by atoms with Gasteiger partial charge in [-0.2, -0.15) is 0 Å². The van der Waals surface area contributed by atoms with Crippen LogP contribution in [0.5, 0.6) is 0 Å². The predicted octanol–water partition coefficient (Wildman–Crippen LogP) is 17.3. The molecule has 1 heterocycles. The fourth-order valence-corrected chi connectivity index (χ4v) is 9.17. The first-order valence-corrected chi connectivity index (χ1v) is 22.0. The van der Waals surface area contributed by atoms with Gasteiger partial charge in [0.15, 0.2) is 0 Å². The molecular weight excluding hydrogens is 775 g/mol. The molecule has 0 saturated carbocycles. The highest BCUT2D eigenvalue weighted by Crippen LogP contribution is 2.41. The van der Waals surface area contributed by atoms with Crippen molar-refractivity contribution in [3.8, 4) is 55.6 Å². The van der Waals surface area contributed by atoms with Gasteiger partial charge in [0.1, 0.15) is 11.2 Å². The largest absolute Gasteiger partial charge is 0.455 e. The third kappa shape index (κ3) is 7.57. The van der Waals surface area contributed by atoms with Gasteiger partial charge in [-0.05, 0) is 135 Å². The van der Waals surface area contributed by atoms with Crippen molar-refractivity contribution in [1.29, 1.82) is 0 Å². The summed E-state index contributed by atoms with van der Waals surface area (Å²) in [7, 11) is 0. The minimum Gasteiger partial charge on any atom is -0.455 e. The summed E-state index contributed by atoms with van der Waals surface area (Å²) >= 11 is 0. The maximum Gasteiger partial charge on any atom is 0.143 e. The number of fused-ring (bicyclic) bond motifs is 3. The average Bonchev–Trinajstić information content (AvgIpc) is 3.75. The molecule has 2 heteroatoms. The lowest BCUT2D eigenvalue weighted by molar-refractivity contribution is 0.670. The molecule has 0 bridgehead atoms. The lowest BCUT2D eigenvalue weighted by Crippen LogP contribution is -2.09. The first kappa shape index (κ1) is 38.7. The van der Waals surface area contributed by atoms with Crippen LogP contribution < -0.4 is 4.90 Å². The topological polar surface area (TPSA) is 16.4 Å². The van der Waals surface area contributed by atoms with E-state index < -0.39 is 0 Å². The zero-order valence-electron chi connectivity index (χ0n) is 35.7. The number of rotatable bonds is 10. The van der Waals surface area contributed by atoms with Crippen LogP contribution >= 0.6 is 0 Å². The zero-order chi connectivity index (χ0) is 42.8. The van der Waals surface area contributed by atoms with Gasteiger partial charge in [-0.1, -0.05) is 188 Å². The Morgan fingerprint density at radius 3 is 1.52 bits per heavy atom. The SMILES string of the molecule is Cc1ccc(-c2ccc(N(c3ccc(-c4cccc(-c5ccccc5)c4)cc3)c3ccc(-c4cccc5c4oc4ccccc45)cc3)cc2)cc1-c1ccccc1Cc1ccccc1. The van der Waals surface area contributed by atoms with Crippen LogP contribution in [0.3, 0.4) is 0 Å². The smallest absolute Gasteiger partial charge is 0.143 e. The molecule has 0 fully saturated rings. The van der Waals surface area contributed by atoms with Crippen LogP contribution in [0.15, 0.2) is 247 Å². The van der Waals surface area contributed by atoms with Gasteiger partial charge in [0, 0.05) is 33.4 Å². The summed E-state index contributed by atoms with van der Waals surface area (Å²) in [6.07, 6.45) is 0.892. The first-order chi connectivity index (χ1) is 31.6. The Morgan fingerprint density at radius 2 is 0.828 bits per heavy atom. The monoisotopic (exact) mass is 819 g/mol. The number of nitrogens with zero attached hydrogens (tertiary/aromatic N) is 1. The van der Waals surface area contributed by atoms with Crippen molar-refractivity contribution in [3.05, 3.63) is 259 Å². The highest BCUT2D eigenvalue weighted by Gasteiger charge is 2.17. The second kappa shape index (κ2) is 16.9. The first-order valence-electron chi connectivity index (χ1n) is 22.0. The van der Waals surface area contributed by atoms with Crippen molar-refractivity contribution in [2.45, 2.75) is 13.3 Å². The molecule has 0 radical (unpaired) electrons. The van der Waals surface area contributed by atoms with Gasteiger partial charge in [-0.3, -0.25) is 0 Å². The minimum absolute atomic E-state index is 0.892. The van der Waals surface area contributed by atoms with Crippen molar-refractivity contribution >= 4 is 39.0 Å². The number of hydrogen-bond acceptors (Lipinski definition) is 2. The van der Waals surface area contributed by atoms with Crippen LogP contribution in [0.25, 0.3) is 77.6 Å². The van der Waals surface area contributed by atoms with E-state index in [0.717, 1.165) is 56.5 Å². The third-order valence-corrected chi connectivity index (χ3v) is 12.5. The van der Waals surface area contributed by atoms with Crippen molar-refractivity contribution in [3.63, 3.8) is 0 Å². The second-order valence-corrected chi connectivity index (χ2v) is 16.6. The summed E-state index contributed by atoms with van der Waals surface area (Å²) in [5.41, 5.74) is 20.8. The van der Waals surface area contributed by atoms with Crippen LogP contribution in [-0.4, -0.2) is 0 Å². The number of furan rings is 1. The highest BCUT2D eigenvalue weighted by atomic mass is 16.3. The Hall–Kier alpha value is -8.20. The summed E-state index contributed by atoms with van der Waals surface area (Å²) in [4.78, 5) is 2.35. The molecule has 0 atom stereocenters. The van der Waals surface area contributed by atoms with Crippen LogP contribution in [0.4, 0.5) is 17.1 Å². The molecule has 0 aliphatic carbocycles. The summed E-state index contributed by atoms with van der Waals surface area (Å²) in [5, 5.41) is 2.26. The number of hydrogen-bond donors (Lipinski definition) is 0. The van der Waals surface area contributed by atoms with Gasteiger partial charge in [0.05, 0.1) is 0 Å². The maximum absolute atomic E-state index is 6.44. The summed E-state index contributed by atoms with van der Waals surface area (Å²) in [5.74, 6) is 0. The molecule has 1 aromatic heterocycles. The van der Waals surface area contributed by atoms with Crippen molar-refractivity contribution < 1.29 is 4.42 Å². The number of aryl methyl sites for hydroxylation is 1. The number of anilines is 3. The van der Waals surface area contributed by atoms with Crippen LogP contribution in [0.2, 0.25) is 0 Å². The van der Waals surface area contributed by atoms with Gasteiger partial charge in [-0.25, -0.2) is 0 Å². The van der Waals surface area contributed by atoms with Crippen LogP contribution in [0, 0.1) is 6.92 Å². The average molecular weight is 820 g/mol. The van der Waals surface area contributed by atoms with E-state index in [-0.39, 0.29) is 0 Å². The predicted molar refractivity (Wildman–Crippen MR) is 270 cm³/mol. The standard InChI is InChI=1S/C62H45NO/c1-43-26-27-51(42-60(43)56-21-9-8-18-52(56)40-44-14-4-2-5-15-44)47-30-36-54(37-31-47)63(53-34-28-46(29-35-53)50-20-12-19-49(41-50)45-16-6-3-7-17-45)55-38-32-48(33-39-55)57-23-13-24-59-58-22-10-11-25-61(58)64-62(57)59/h2-39,41-42H,40H2,1H3. The molecule has 0 aliphatic rings. The van der Waals surface area contributed by atoms with E-state index in [9.17, 15) is 0 Å². The molecule has 10 aromatic carbocycles. The molecular formula is C62H45NO. The molecule has 0 N–H and O–H groups in total. The molecule has 304 valence electrons. The Morgan fingerprint density at radius 1 is 0.344 bits per heavy atom. The Labute approximate surface area is 375 Å². The van der Waals surface area contributed by atoms with Gasteiger partial charge < -0.3 is 9.32 Å². The lowest BCUT2D eigenvalue weighted by atomic mass is 9.90. The van der Waals surface area contributed by atoms with E-state index in [2.05, 4.69) is 242 Å². The van der Waals surface area contributed by atoms with Crippen molar-refractivity contribution in [2.24, 2.45) is 0 Å². The summed E-state index contributed by atoms with van der Waals surface area (Å²) in [6.45, 7) is 2.22. The molecule has 11 aromatic rings. The molecule has 64 heavy (non-hydrogen) atoms. The number of para-hydroxylation sites is 2. The molecule has 2 nitrogen and oxygen atoms in total. The normalized spacial score (nSPS) is 11.3. The maximum atomic E-state index is 6.44. The Kier molecular flexibility index (Phi) is 10.2. The Bertz CT molecular complexity index is 3380. The summed E-state index contributed by atoms with van der Waals surface area (Å²) in [6, 6.07) is 87.3. The van der Waals surface area contributed by atoms with E-state index >= 15 is 0 Å². The molecule has 0 saturated heterocycles. The van der Waals surface area contributed by atoms with Crippen LogP contribution in [-0.2, 0) is 6.42 Å². The van der Waals surface area contributed by atoms with Crippen LogP contribution in [0.1, 0.15) is 16.7 Å². The minimum atomic E-state index is 0.892. The highest BCUT2D eigenvalue weighted by molar-refractivity contribution is 6.09. The quantitative estimate of drug-likeness (QED) is 0.137. The van der Waals surface area contributed by atoms with E-state index in [1.54, 1.807) is 0 Å². The van der Waals surface area contributed by atoms with Gasteiger partial charge in [0.25, 0.3) is 0 Å². The third-order valence-electron chi connectivity index (χ3n) is 12.5. The molecule has 0 amide bonds. The van der Waals surface area contributed by atoms with Crippen molar-refractivity contribution in [2.75, 3.05) is 4.90 Å². The number of benzene rings is 10. The van der Waals surface area contributed by atoms with Gasteiger partial charge >= 0.3 is 0 Å². The molecule has 0 aliphatic heterocycles. The fraction of sp³-hybridized carbons (Fsp3) is 0.0323. The van der Waals surface area contributed by atoms with Crippen molar-refractivity contribution in [1.82, 2.24) is 0 Å². The Balaban J connectivity index is 0.951. The lowest BCUT2D eigenvalue weighted by Gasteiger charge is -2.26. The van der Waals surface area contributed by atoms with E-state index in [4.69, 9.17) is 4.42 Å². The van der Waals surface area contributed by atoms with E-state index in [0.29, 0.717) is 0 Å². The molecule has 0 unspecified atom stereocenters. The van der Waals surface area contributed by atoms with E-state index in [1.807, 2.05) is 12.1 Å². The van der Waals surface area contributed by atoms with E-state index in [1.165, 1.54) is 61.2 Å². The zero-order valence-corrected chi connectivity index (χ0v) is 35.7. The summed E-state index contributed by atoms with van der Waals surface area (Å²) < 4.78 is 6.44. The van der Waals surface area contributed by atoms with Gasteiger partial charge in [-0.15, -0.1) is 0 Å². The molecule has 11 rings (SSSR count). The second-order valence-electron chi connectivity index (χ2n) is 16.6. The fourth-order valence-electron chi connectivity index (χ4n) is 9.17. The molecule has 0 spiro atoms.